The van der Waals surface area contributed by atoms with E-state index in [1.807, 2.05) is 30.3 Å². The summed E-state index contributed by atoms with van der Waals surface area (Å²) in [6.45, 7) is 4.42. The number of carbonyl (C=O) groups excluding carboxylic acids is 2. The molecule has 0 radical (unpaired) electrons. The van der Waals surface area contributed by atoms with E-state index in [0.29, 0.717) is 34.4 Å². The van der Waals surface area contributed by atoms with Crippen LogP contribution in [0.25, 0.3) is 6.08 Å². The lowest BCUT2D eigenvalue weighted by atomic mass is 10.0. The Balaban J connectivity index is 1.55. The van der Waals surface area contributed by atoms with Gasteiger partial charge in [0.2, 0.25) is 12.7 Å². The standard InChI is InChI=1S/C29H30N2O5/c1-19(2)21-7-11-23(12-8-21)30-29(33)28(22-9-13-24(34-4)14-10-22)31(3)27(32)16-6-20-5-15-25-26(17-20)36-18-35-25/h5-17,19,28H,18H2,1-4H3,(H,30,33). The quantitative estimate of drug-likeness (QED) is 0.432. The number of hydrogen-bond donors (Lipinski definition) is 1. The molecule has 2 amide bonds. The first-order valence-corrected chi connectivity index (χ1v) is 11.7. The Labute approximate surface area is 211 Å². The predicted molar refractivity (Wildman–Crippen MR) is 139 cm³/mol. The number of benzene rings is 3. The molecule has 1 heterocycles. The van der Waals surface area contributed by atoms with Crippen molar-refractivity contribution < 1.29 is 23.8 Å². The molecule has 7 nitrogen and oxygen atoms in total. The molecule has 1 N–H and O–H groups in total. The van der Waals surface area contributed by atoms with Gasteiger partial charge < -0.3 is 24.4 Å². The normalized spacial score (nSPS) is 13.0. The summed E-state index contributed by atoms with van der Waals surface area (Å²) in [5, 5.41) is 2.95. The molecule has 0 aromatic heterocycles. The highest BCUT2D eigenvalue weighted by Gasteiger charge is 2.28. The van der Waals surface area contributed by atoms with E-state index in [1.54, 1.807) is 56.6 Å². The molecule has 1 atom stereocenters. The van der Waals surface area contributed by atoms with E-state index in [-0.39, 0.29) is 18.6 Å². The van der Waals surface area contributed by atoms with E-state index < -0.39 is 6.04 Å². The van der Waals surface area contributed by atoms with Crippen molar-refractivity contribution >= 4 is 23.6 Å². The van der Waals surface area contributed by atoms with Crippen LogP contribution in [0.15, 0.2) is 72.8 Å². The summed E-state index contributed by atoms with van der Waals surface area (Å²) in [6, 6.07) is 19.4. The maximum atomic E-state index is 13.4. The summed E-state index contributed by atoms with van der Waals surface area (Å²) >= 11 is 0. The van der Waals surface area contributed by atoms with Gasteiger partial charge in [0.15, 0.2) is 11.5 Å². The number of likely N-dealkylation sites (N-methyl/N-ethyl adjacent to an activating group) is 1. The number of ether oxygens (including phenoxy) is 3. The first kappa shape index (κ1) is 24.9. The lowest BCUT2D eigenvalue weighted by Crippen LogP contribution is -2.37. The summed E-state index contributed by atoms with van der Waals surface area (Å²) in [4.78, 5) is 28.0. The van der Waals surface area contributed by atoms with Crippen LogP contribution in [0.3, 0.4) is 0 Å². The molecule has 0 saturated heterocycles. The van der Waals surface area contributed by atoms with Crippen LogP contribution in [0.4, 0.5) is 5.69 Å². The zero-order valence-electron chi connectivity index (χ0n) is 20.9. The van der Waals surface area contributed by atoms with Crippen molar-refractivity contribution in [3.8, 4) is 17.2 Å². The molecule has 0 fully saturated rings. The Kier molecular flexibility index (Phi) is 7.59. The molecule has 3 aromatic rings. The molecule has 1 aliphatic rings. The van der Waals surface area contributed by atoms with Crippen LogP contribution < -0.4 is 19.5 Å². The molecule has 1 unspecified atom stereocenters. The summed E-state index contributed by atoms with van der Waals surface area (Å²) in [5.41, 5.74) is 3.30. The number of nitrogens with zero attached hydrogens (tertiary/aromatic N) is 1. The topological polar surface area (TPSA) is 77.1 Å². The minimum Gasteiger partial charge on any atom is -0.497 e. The first-order valence-electron chi connectivity index (χ1n) is 11.7. The smallest absolute Gasteiger partial charge is 0.251 e. The molecule has 186 valence electrons. The largest absolute Gasteiger partial charge is 0.497 e. The molecule has 4 rings (SSSR count). The zero-order valence-corrected chi connectivity index (χ0v) is 20.9. The molecule has 0 aliphatic carbocycles. The predicted octanol–water partition coefficient (Wildman–Crippen LogP) is 5.40. The van der Waals surface area contributed by atoms with Crippen molar-refractivity contribution in [1.29, 1.82) is 0 Å². The molecule has 3 aromatic carbocycles. The average molecular weight is 487 g/mol. The second kappa shape index (κ2) is 11.0. The van der Waals surface area contributed by atoms with Crippen LogP contribution in [0, 0.1) is 0 Å². The number of methoxy groups -OCH3 is 1. The summed E-state index contributed by atoms with van der Waals surface area (Å²) < 4.78 is 16.0. The number of carbonyl (C=O) groups is 2. The maximum absolute atomic E-state index is 13.4. The van der Waals surface area contributed by atoms with Crippen molar-refractivity contribution in [2.24, 2.45) is 0 Å². The van der Waals surface area contributed by atoms with Gasteiger partial charge in [0.05, 0.1) is 7.11 Å². The number of rotatable bonds is 8. The van der Waals surface area contributed by atoms with E-state index in [9.17, 15) is 9.59 Å². The second-order valence-electron chi connectivity index (χ2n) is 8.84. The van der Waals surface area contributed by atoms with Crippen molar-refractivity contribution in [2.45, 2.75) is 25.8 Å². The van der Waals surface area contributed by atoms with Crippen LogP contribution in [0.2, 0.25) is 0 Å². The molecule has 0 saturated carbocycles. The van der Waals surface area contributed by atoms with Gasteiger partial charge in [-0.25, -0.2) is 0 Å². The third-order valence-electron chi connectivity index (χ3n) is 6.07. The number of hydrogen-bond acceptors (Lipinski definition) is 5. The van der Waals surface area contributed by atoms with Gasteiger partial charge in [-0.1, -0.05) is 44.2 Å². The van der Waals surface area contributed by atoms with Gasteiger partial charge in [-0.15, -0.1) is 0 Å². The SMILES string of the molecule is COc1ccc(C(C(=O)Nc2ccc(C(C)C)cc2)N(C)C(=O)C=Cc2ccc3c(c2)OCO3)cc1. The molecular weight excluding hydrogens is 456 g/mol. The van der Waals surface area contributed by atoms with Gasteiger partial charge >= 0.3 is 0 Å². The van der Waals surface area contributed by atoms with Crippen LogP contribution in [0.5, 0.6) is 17.2 Å². The fourth-order valence-corrected chi connectivity index (χ4v) is 3.93. The summed E-state index contributed by atoms with van der Waals surface area (Å²) in [7, 11) is 3.19. The van der Waals surface area contributed by atoms with Crippen molar-refractivity contribution in [1.82, 2.24) is 4.90 Å². The highest BCUT2D eigenvalue weighted by atomic mass is 16.7. The third kappa shape index (κ3) is 5.68. The van der Waals surface area contributed by atoms with Gasteiger partial charge in [0.25, 0.3) is 5.91 Å². The van der Waals surface area contributed by atoms with Crippen molar-refractivity contribution in [3.05, 3.63) is 89.5 Å². The minimum atomic E-state index is -0.852. The highest BCUT2D eigenvalue weighted by Crippen LogP contribution is 2.33. The van der Waals surface area contributed by atoms with E-state index in [4.69, 9.17) is 14.2 Å². The highest BCUT2D eigenvalue weighted by molar-refractivity contribution is 6.00. The lowest BCUT2D eigenvalue weighted by molar-refractivity contribution is -0.133. The van der Waals surface area contributed by atoms with Gasteiger partial charge in [-0.3, -0.25) is 9.59 Å². The van der Waals surface area contributed by atoms with Crippen LogP contribution >= 0.6 is 0 Å². The fraction of sp³-hybridized carbons (Fsp3) is 0.241. The average Bonchev–Trinajstić information content (AvgIpc) is 3.36. The van der Waals surface area contributed by atoms with Gasteiger partial charge in [-0.2, -0.15) is 0 Å². The minimum absolute atomic E-state index is 0.184. The van der Waals surface area contributed by atoms with E-state index in [2.05, 4.69) is 19.2 Å². The van der Waals surface area contributed by atoms with Crippen molar-refractivity contribution in [2.75, 3.05) is 26.3 Å². The Morgan fingerprint density at radius 1 is 0.944 bits per heavy atom. The molecule has 0 spiro atoms. The summed E-state index contributed by atoms with van der Waals surface area (Å²) in [5.74, 6) is 1.73. The van der Waals surface area contributed by atoms with Gasteiger partial charge in [-0.05, 0) is 65.1 Å². The molecule has 36 heavy (non-hydrogen) atoms. The van der Waals surface area contributed by atoms with Crippen molar-refractivity contribution in [3.63, 3.8) is 0 Å². The summed E-state index contributed by atoms with van der Waals surface area (Å²) in [6.07, 6.45) is 3.13. The van der Waals surface area contributed by atoms with E-state index >= 15 is 0 Å². The molecule has 7 heteroatoms. The Hall–Kier alpha value is -4.26. The van der Waals surface area contributed by atoms with E-state index in [1.165, 1.54) is 16.5 Å². The zero-order chi connectivity index (χ0) is 25.7. The fourth-order valence-electron chi connectivity index (χ4n) is 3.93. The first-order chi connectivity index (χ1) is 17.4. The van der Waals surface area contributed by atoms with Crippen LogP contribution in [-0.2, 0) is 9.59 Å². The second-order valence-corrected chi connectivity index (χ2v) is 8.84. The number of amides is 2. The lowest BCUT2D eigenvalue weighted by Gasteiger charge is -2.27. The number of nitrogens with one attached hydrogen (secondary N) is 1. The number of anilines is 1. The van der Waals surface area contributed by atoms with Gasteiger partial charge in [0.1, 0.15) is 11.8 Å². The third-order valence-corrected chi connectivity index (χ3v) is 6.07. The molecule has 1 aliphatic heterocycles. The van der Waals surface area contributed by atoms with E-state index in [0.717, 1.165) is 5.56 Å². The Morgan fingerprint density at radius 3 is 2.28 bits per heavy atom. The Morgan fingerprint density at radius 2 is 1.61 bits per heavy atom. The van der Waals surface area contributed by atoms with Crippen LogP contribution in [0.1, 0.15) is 42.5 Å². The number of fused-ring (bicyclic) bond motifs is 1. The molecule has 0 bridgehead atoms. The monoisotopic (exact) mass is 486 g/mol. The van der Waals surface area contributed by atoms with Gasteiger partial charge in [0, 0.05) is 18.8 Å². The molecular formula is C29H30N2O5. The van der Waals surface area contributed by atoms with Crippen LogP contribution in [-0.4, -0.2) is 37.7 Å². The maximum Gasteiger partial charge on any atom is 0.251 e. The Bertz CT molecular complexity index is 1250.